The van der Waals surface area contributed by atoms with Gasteiger partial charge in [0.25, 0.3) is 0 Å². The van der Waals surface area contributed by atoms with Crippen LogP contribution in [0.4, 0.5) is 0 Å². The van der Waals surface area contributed by atoms with E-state index in [4.69, 9.17) is 0 Å². The maximum atomic E-state index is 11.7. The fourth-order valence-electron chi connectivity index (χ4n) is 2.47. The molecule has 3 rings (SSSR count). The van der Waals surface area contributed by atoms with Gasteiger partial charge in [-0.15, -0.1) is 0 Å². The van der Waals surface area contributed by atoms with Crippen molar-refractivity contribution in [2.75, 3.05) is 7.05 Å². The molecule has 114 valence electrons. The van der Waals surface area contributed by atoms with Crippen molar-refractivity contribution in [3.8, 4) is 0 Å². The number of benzene rings is 1. The van der Waals surface area contributed by atoms with Crippen LogP contribution in [0.15, 0.2) is 57.6 Å². The molecule has 1 aliphatic rings. The number of aromatic nitrogens is 1. The number of nitrogens with zero attached hydrogens (tertiary/aromatic N) is 3. The van der Waals surface area contributed by atoms with Crippen LogP contribution in [0, 0.1) is 0 Å². The Balaban J connectivity index is 1.87. The van der Waals surface area contributed by atoms with Crippen molar-refractivity contribution >= 4 is 10.0 Å². The summed E-state index contributed by atoms with van der Waals surface area (Å²) >= 11 is 0. The van der Waals surface area contributed by atoms with Gasteiger partial charge < -0.3 is 0 Å². The molecule has 2 heterocycles. The summed E-state index contributed by atoms with van der Waals surface area (Å²) in [5.41, 5.74) is 0.403. The van der Waals surface area contributed by atoms with E-state index in [1.54, 1.807) is 36.7 Å². The van der Waals surface area contributed by atoms with Gasteiger partial charge in [-0.05, 0) is 37.7 Å². The van der Waals surface area contributed by atoms with E-state index in [9.17, 15) is 8.42 Å². The molecule has 1 aromatic heterocycles. The minimum atomic E-state index is -3.41. The van der Waals surface area contributed by atoms with Crippen LogP contribution in [-0.4, -0.2) is 26.1 Å². The highest BCUT2D eigenvalue weighted by molar-refractivity contribution is 7.89. The Morgan fingerprint density at radius 1 is 1.09 bits per heavy atom. The molecule has 0 fully saturated rings. The third kappa shape index (κ3) is 2.77. The molecule has 0 saturated carbocycles. The molecule has 0 radical (unpaired) electrons. The van der Waals surface area contributed by atoms with E-state index in [2.05, 4.69) is 19.7 Å². The van der Waals surface area contributed by atoms with Crippen LogP contribution >= 0.6 is 0 Å². The molecule has 1 unspecified atom stereocenters. The second kappa shape index (κ2) is 5.26. The summed E-state index contributed by atoms with van der Waals surface area (Å²) in [5, 5.41) is 1.63. The van der Waals surface area contributed by atoms with Gasteiger partial charge in [-0.1, -0.05) is 12.1 Å². The van der Waals surface area contributed by atoms with Crippen LogP contribution in [0.2, 0.25) is 0 Å². The Labute approximate surface area is 128 Å². The van der Waals surface area contributed by atoms with Crippen LogP contribution in [0.5, 0.6) is 0 Å². The normalized spacial score (nSPS) is 20.1. The molecule has 1 aliphatic heterocycles. The molecule has 7 heteroatoms. The highest BCUT2D eigenvalue weighted by atomic mass is 32.2. The molecule has 0 saturated heterocycles. The molecule has 22 heavy (non-hydrogen) atoms. The SMILES string of the molecule is CNS(=O)(=O)c1ccc(CC2(C)N=c3ccncc3=N2)cc1. The first kappa shape index (κ1) is 14.8. The Morgan fingerprint density at radius 3 is 2.41 bits per heavy atom. The van der Waals surface area contributed by atoms with E-state index in [1.165, 1.54) is 7.05 Å². The first-order valence-electron chi connectivity index (χ1n) is 6.84. The van der Waals surface area contributed by atoms with Crippen molar-refractivity contribution in [1.82, 2.24) is 9.71 Å². The molecular formula is C15H16N4O2S. The Kier molecular flexibility index (Phi) is 3.54. The summed E-state index contributed by atoms with van der Waals surface area (Å²) in [4.78, 5) is 13.5. The fraction of sp³-hybridized carbons (Fsp3) is 0.267. The van der Waals surface area contributed by atoms with Crippen molar-refractivity contribution in [1.29, 1.82) is 0 Å². The Hall–Kier alpha value is -2.12. The quantitative estimate of drug-likeness (QED) is 0.874. The topological polar surface area (TPSA) is 83.8 Å². The van der Waals surface area contributed by atoms with Crippen molar-refractivity contribution < 1.29 is 8.42 Å². The van der Waals surface area contributed by atoms with E-state index in [0.29, 0.717) is 6.42 Å². The predicted molar refractivity (Wildman–Crippen MR) is 81.3 cm³/mol. The zero-order valence-electron chi connectivity index (χ0n) is 12.3. The van der Waals surface area contributed by atoms with Gasteiger partial charge >= 0.3 is 0 Å². The molecule has 0 bridgehead atoms. The number of nitrogens with one attached hydrogen (secondary N) is 1. The van der Waals surface area contributed by atoms with Crippen LogP contribution in [0.3, 0.4) is 0 Å². The largest absolute Gasteiger partial charge is 0.262 e. The van der Waals surface area contributed by atoms with Crippen LogP contribution in [0.25, 0.3) is 0 Å². The summed E-state index contributed by atoms with van der Waals surface area (Å²) in [5.74, 6) is 0. The standard InChI is InChI=1S/C15H16N4O2S/c1-15(18-13-7-8-17-10-14(13)19-15)9-11-3-5-12(6-4-11)22(20,21)16-2/h3-8,10,16H,9H2,1-2H3. The van der Waals surface area contributed by atoms with Crippen LogP contribution in [0.1, 0.15) is 12.5 Å². The predicted octanol–water partition coefficient (Wildman–Crippen LogP) is 0.201. The van der Waals surface area contributed by atoms with Crippen LogP contribution in [-0.2, 0) is 16.4 Å². The average Bonchev–Trinajstić information content (AvgIpc) is 2.83. The van der Waals surface area contributed by atoms with Crippen molar-refractivity contribution in [3.05, 3.63) is 59.0 Å². The lowest BCUT2D eigenvalue weighted by Gasteiger charge is -2.17. The zero-order valence-corrected chi connectivity index (χ0v) is 13.1. The summed E-state index contributed by atoms with van der Waals surface area (Å²) in [6.07, 6.45) is 4.00. The highest BCUT2D eigenvalue weighted by Gasteiger charge is 2.25. The minimum absolute atomic E-state index is 0.247. The number of fused-ring (bicyclic) bond motifs is 1. The molecule has 0 amide bonds. The van der Waals surface area contributed by atoms with Gasteiger partial charge in [0.2, 0.25) is 10.0 Å². The van der Waals surface area contributed by atoms with E-state index in [-0.39, 0.29) is 4.90 Å². The summed E-state index contributed by atoms with van der Waals surface area (Å²) in [7, 11) is -2.01. The second-order valence-corrected chi connectivity index (χ2v) is 7.22. The molecule has 2 aromatic rings. The van der Waals surface area contributed by atoms with Gasteiger partial charge in [-0.25, -0.2) is 13.1 Å². The minimum Gasteiger partial charge on any atom is -0.262 e. The third-order valence-corrected chi connectivity index (χ3v) is 4.97. The highest BCUT2D eigenvalue weighted by Crippen LogP contribution is 2.21. The van der Waals surface area contributed by atoms with Crippen molar-refractivity contribution in [2.45, 2.75) is 23.9 Å². The molecule has 1 N–H and O–H groups in total. The van der Waals surface area contributed by atoms with Crippen molar-refractivity contribution in [3.63, 3.8) is 0 Å². The number of hydrogen-bond donors (Lipinski definition) is 1. The van der Waals surface area contributed by atoms with E-state index in [1.807, 2.05) is 13.0 Å². The van der Waals surface area contributed by atoms with Gasteiger partial charge in [0.05, 0.1) is 16.4 Å². The van der Waals surface area contributed by atoms with E-state index < -0.39 is 15.7 Å². The zero-order chi connectivity index (χ0) is 15.8. The van der Waals surface area contributed by atoms with Gasteiger partial charge in [-0.3, -0.25) is 15.0 Å². The lowest BCUT2D eigenvalue weighted by molar-refractivity contribution is 0.490. The summed E-state index contributed by atoms with van der Waals surface area (Å²) < 4.78 is 25.7. The monoisotopic (exact) mass is 316 g/mol. The third-order valence-electron chi connectivity index (χ3n) is 3.54. The number of hydrogen-bond acceptors (Lipinski definition) is 5. The number of pyridine rings is 1. The lowest BCUT2D eigenvalue weighted by atomic mass is 10.0. The number of rotatable bonds is 4. The number of sulfonamides is 1. The lowest BCUT2D eigenvalue weighted by Crippen LogP contribution is -2.22. The average molecular weight is 316 g/mol. The van der Waals surface area contributed by atoms with E-state index in [0.717, 1.165) is 16.3 Å². The van der Waals surface area contributed by atoms with Gasteiger partial charge in [0.15, 0.2) is 5.66 Å². The molecule has 0 spiro atoms. The van der Waals surface area contributed by atoms with Gasteiger partial charge in [-0.2, -0.15) is 0 Å². The molecule has 0 aliphatic carbocycles. The molecule has 1 atom stereocenters. The molecule has 6 nitrogen and oxygen atoms in total. The van der Waals surface area contributed by atoms with E-state index >= 15 is 0 Å². The summed E-state index contributed by atoms with van der Waals surface area (Å²) in [6.45, 7) is 1.95. The van der Waals surface area contributed by atoms with Gasteiger partial charge in [0, 0.05) is 12.6 Å². The first-order chi connectivity index (χ1) is 10.4. The Bertz CT molecular complexity index is 886. The Morgan fingerprint density at radius 2 is 1.77 bits per heavy atom. The summed E-state index contributed by atoms with van der Waals surface area (Å²) in [6, 6.07) is 8.61. The molecular weight excluding hydrogens is 300 g/mol. The van der Waals surface area contributed by atoms with Gasteiger partial charge in [0.1, 0.15) is 5.36 Å². The molecule has 1 aromatic carbocycles. The smallest absolute Gasteiger partial charge is 0.240 e. The maximum absolute atomic E-state index is 11.7. The maximum Gasteiger partial charge on any atom is 0.240 e. The van der Waals surface area contributed by atoms with Crippen molar-refractivity contribution in [2.24, 2.45) is 9.98 Å². The van der Waals surface area contributed by atoms with Crippen LogP contribution < -0.4 is 15.4 Å². The second-order valence-electron chi connectivity index (χ2n) is 5.33. The fourth-order valence-corrected chi connectivity index (χ4v) is 3.20. The first-order valence-corrected chi connectivity index (χ1v) is 8.32.